The first-order valence-corrected chi connectivity index (χ1v) is 6.28. The summed E-state index contributed by atoms with van der Waals surface area (Å²) in [6.45, 7) is 0.679. The number of rotatable bonds is 5. The number of nitrogens with zero attached hydrogens (tertiary/aromatic N) is 2. The Bertz CT molecular complexity index is 606. The third kappa shape index (κ3) is 3.42. The summed E-state index contributed by atoms with van der Waals surface area (Å²) >= 11 is 0. The van der Waals surface area contributed by atoms with Gasteiger partial charge < -0.3 is 15.6 Å². The van der Waals surface area contributed by atoms with Gasteiger partial charge in [-0.3, -0.25) is 4.79 Å². The molecule has 0 spiro atoms. The van der Waals surface area contributed by atoms with E-state index in [-0.39, 0.29) is 5.56 Å². The number of hydrogen-bond acceptors (Lipinski definition) is 4. The van der Waals surface area contributed by atoms with Gasteiger partial charge in [0, 0.05) is 25.1 Å². The van der Waals surface area contributed by atoms with E-state index in [1.54, 1.807) is 19.4 Å². The fourth-order valence-electron chi connectivity index (χ4n) is 1.83. The van der Waals surface area contributed by atoms with Crippen molar-refractivity contribution in [2.24, 2.45) is 12.8 Å². The van der Waals surface area contributed by atoms with Crippen LogP contribution in [0.25, 0.3) is 0 Å². The Balaban J connectivity index is 2.19. The lowest BCUT2D eigenvalue weighted by Gasteiger charge is -2.08. The van der Waals surface area contributed by atoms with Crippen LogP contribution in [0.1, 0.15) is 12.0 Å². The molecule has 0 bridgehead atoms. The zero-order chi connectivity index (χ0) is 13.7. The van der Waals surface area contributed by atoms with Crippen molar-refractivity contribution in [2.45, 2.75) is 12.8 Å². The molecule has 0 aliphatic rings. The minimum absolute atomic E-state index is 0.144. The zero-order valence-corrected chi connectivity index (χ0v) is 11.0. The van der Waals surface area contributed by atoms with Gasteiger partial charge in [0.15, 0.2) is 5.82 Å². The number of hydrogen-bond donors (Lipinski definition) is 2. The number of benzene rings is 1. The molecule has 5 nitrogen and oxygen atoms in total. The van der Waals surface area contributed by atoms with Crippen molar-refractivity contribution >= 4 is 11.5 Å². The summed E-state index contributed by atoms with van der Waals surface area (Å²) in [4.78, 5) is 15.9. The highest BCUT2D eigenvalue weighted by Gasteiger charge is 2.03. The standard InChI is InChI=1S/C14H18N4O/c1-18-9-8-16-13(14(18)19)17-12-6-2-4-11(10-12)5-3-7-15/h2,4,6,8-10H,3,5,7,15H2,1H3,(H,16,17). The monoisotopic (exact) mass is 258 g/mol. The minimum Gasteiger partial charge on any atom is -0.336 e. The van der Waals surface area contributed by atoms with Gasteiger partial charge in [-0.25, -0.2) is 4.98 Å². The number of aryl methyl sites for hydroxylation is 2. The predicted molar refractivity (Wildman–Crippen MR) is 76.6 cm³/mol. The van der Waals surface area contributed by atoms with Gasteiger partial charge in [-0.05, 0) is 37.1 Å². The Morgan fingerprint density at radius 1 is 1.42 bits per heavy atom. The number of anilines is 2. The van der Waals surface area contributed by atoms with E-state index in [1.807, 2.05) is 18.2 Å². The summed E-state index contributed by atoms with van der Waals surface area (Å²) in [6.07, 6.45) is 5.12. The van der Waals surface area contributed by atoms with E-state index in [0.717, 1.165) is 18.5 Å². The van der Waals surface area contributed by atoms with Gasteiger partial charge in [0.1, 0.15) is 0 Å². The maximum atomic E-state index is 11.9. The number of nitrogens with one attached hydrogen (secondary N) is 1. The predicted octanol–water partition coefficient (Wildman–Crippen LogP) is 1.42. The van der Waals surface area contributed by atoms with Crippen molar-refractivity contribution in [3.8, 4) is 0 Å². The topological polar surface area (TPSA) is 72.9 Å². The van der Waals surface area contributed by atoms with Crippen LogP contribution in [-0.4, -0.2) is 16.1 Å². The first kappa shape index (κ1) is 13.3. The Morgan fingerprint density at radius 3 is 3.05 bits per heavy atom. The maximum absolute atomic E-state index is 11.9. The summed E-state index contributed by atoms with van der Waals surface area (Å²) in [5.74, 6) is 0.334. The van der Waals surface area contributed by atoms with Crippen LogP contribution in [0, 0.1) is 0 Å². The van der Waals surface area contributed by atoms with E-state index in [0.29, 0.717) is 12.4 Å². The second-order valence-corrected chi connectivity index (χ2v) is 4.41. The SMILES string of the molecule is Cn1ccnc(Nc2cccc(CCCN)c2)c1=O. The van der Waals surface area contributed by atoms with Crippen LogP contribution in [0.4, 0.5) is 11.5 Å². The lowest BCUT2D eigenvalue weighted by atomic mass is 10.1. The van der Waals surface area contributed by atoms with E-state index in [1.165, 1.54) is 10.1 Å². The molecule has 0 aliphatic carbocycles. The van der Waals surface area contributed by atoms with Crippen LogP contribution in [0.2, 0.25) is 0 Å². The molecule has 0 amide bonds. The van der Waals surface area contributed by atoms with Gasteiger partial charge >= 0.3 is 0 Å². The molecule has 2 rings (SSSR count). The highest BCUT2D eigenvalue weighted by atomic mass is 16.1. The Hall–Kier alpha value is -2.14. The van der Waals surface area contributed by atoms with E-state index in [4.69, 9.17) is 5.73 Å². The molecule has 1 heterocycles. The first-order valence-electron chi connectivity index (χ1n) is 6.28. The molecule has 19 heavy (non-hydrogen) atoms. The van der Waals surface area contributed by atoms with E-state index in [9.17, 15) is 4.79 Å². The number of aromatic nitrogens is 2. The maximum Gasteiger partial charge on any atom is 0.293 e. The van der Waals surface area contributed by atoms with Gasteiger partial charge in [-0.15, -0.1) is 0 Å². The molecule has 5 heteroatoms. The zero-order valence-electron chi connectivity index (χ0n) is 11.0. The van der Waals surface area contributed by atoms with Gasteiger partial charge in [0.05, 0.1) is 0 Å². The van der Waals surface area contributed by atoms with Crippen molar-refractivity contribution < 1.29 is 0 Å². The molecule has 0 saturated carbocycles. The van der Waals surface area contributed by atoms with Gasteiger partial charge in [-0.1, -0.05) is 12.1 Å². The Kier molecular flexibility index (Phi) is 4.30. The number of nitrogens with two attached hydrogens (primary N) is 1. The molecule has 100 valence electrons. The molecule has 1 aromatic heterocycles. The Labute approximate surface area is 112 Å². The molecule has 3 N–H and O–H groups in total. The van der Waals surface area contributed by atoms with Crippen LogP contribution in [0.5, 0.6) is 0 Å². The molecular formula is C14H18N4O. The summed E-state index contributed by atoms with van der Waals surface area (Å²) in [5, 5.41) is 3.05. The van der Waals surface area contributed by atoms with Crippen molar-refractivity contribution in [3.05, 3.63) is 52.6 Å². The van der Waals surface area contributed by atoms with Crippen molar-refractivity contribution in [1.29, 1.82) is 0 Å². The molecule has 0 unspecified atom stereocenters. The quantitative estimate of drug-likeness (QED) is 0.850. The van der Waals surface area contributed by atoms with Crippen LogP contribution in [0.3, 0.4) is 0 Å². The van der Waals surface area contributed by atoms with Gasteiger partial charge in [0.25, 0.3) is 5.56 Å². The third-order valence-corrected chi connectivity index (χ3v) is 2.88. The van der Waals surface area contributed by atoms with Crippen LogP contribution >= 0.6 is 0 Å². The lowest BCUT2D eigenvalue weighted by molar-refractivity contribution is 0.832. The van der Waals surface area contributed by atoms with Crippen LogP contribution < -0.4 is 16.6 Å². The first-order chi connectivity index (χ1) is 9.20. The fourth-order valence-corrected chi connectivity index (χ4v) is 1.83. The van der Waals surface area contributed by atoms with Crippen molar-refractivity contribution in [1.82, 2.24) is 9.55 Å². The van der Waals surface area contributed by atoms with Crippen molar-refractivity contribution in [3.63, 3.8) is 0 Å². The second-order valence-electron chi connectivity index (χ2n) is 4.41. The van der Waals surface area contributed by atoms with E-state index >= 15 is 0 Å². The van der Waals surface area contributed by atoms with E-state index < -0.39 is 0 Å². The van der Waals surface area contributed by atoms with Crippen LogP contribution in [0.15, 0.2) is 41.5 Å². The fraction of sp³-hybridized carbons (Fsp3) is 0.286. The Morgan fingerprint density at radius 2 is 2.26 bits per heavy atom. The van der Waals surface area contributed by atoms with Crippen molar-refractivity contribution in [2.75, 3.05) is 11.9 Å². The molecule has 0 aliphatic heterocycles. The van der Waals surface area contributed by atoms with Gasteiger partial charge in [-0.2, -0.15) is 0 Å². The normalized spacial score (nSPS) is 10.4. The van der Waals surface area contributed by atoms with Gasteiger partial charge in [0.2, 0.25) is 0 Å². The molecule has 0 atom stereocenters. The minimum atomic E-state index is -0.144. The lowest BCUT2D eigenvalue weighted by Crippen LogP contribution is -2.20. The highest BCUT2D eigenvalue weighted by Crippen LogP contribution is 2.14. The summed E-state index contributed by atoms with van der Waals surface area (Å²) in [5.41, 5.74) is 7.42. The second kappa shape index (κ2) is 6.15. The molecule has 0 saturated heterocycles. The molecular weight excluding hydrogens is 240 g/mol. The highest BCUT2D eigenvalue weighted by molar-refractivity contribution is 5.56. The molecule has 2 aromatic rings. The molecule has 1 aromatic carbocycles. The summed E-state index contributed by atoms with van der Waals surface area (Å²) in [7, 11) is 1.70. The summed E-state index contributed by atoms with van der Waals surface area (Å²) in [6, 6.07) is 7.95. The molecule has 0 radical (unpaired) electrons. The van der Waals surface area contributed by atoms with E-state index in [2.05, 4.69) is 16.4 Å². The van der Waals surface area contributed by atoms with Crippen LogP contribution in [-0.2, 0) is 13.5 Å². The average Bonchev–Trinajstić information content (AvgIpc) is 2.42. The molecule has 0 fully saturated rings. The third-order valence-electron chi connectivity index (χ3n) is 2.88. The average molecular weight is 258 g/mol. The smallest absolute Gasteiger partial charge is 0.293 e. The largest absolute Gasteiger partial charge is 0.336 e. The summed E-state index contributed by atoms with van der Waals surface area (Å²) < 4.78 is 1.49.